The van der Waals surface area contributed by atoms with Gasteiger partial charge in [0.1, 0.15) is 24.5 Å². The summed E-state index contributed by atoms with van der Waals surface area (Å²) in [4.78, 5) is 1.23. The van der Waals surface area contributed by atoms with Crippen molar-refractivity contribution in [3.8, 4) is 11.8 Å². The molecule has 0 aliphatic carbocycles. The van der Waals surface area contributed by atoms with Crippen molar-refractivity contribution in [3.63, 3.8) is 0 Å². The minimum Gasteiger partial charge on any atom is -0.489 e. The number of nitrogens with one attached hydrogen (secondary N) is 1. The summed E-state index contributed by atoms with van der Waals surface area (Å²) >= 11 is 1.69. The summed E-state index contributed by atoms with van der Waals surface area (Å²) in [6.07, 6.45) is -0.626. The molecule has 0 fully saturated rings. The van der Waals surface area contributed by atoms with Gasteiger partial charge in [0.25, 0.3) is 0 Å². The molecule has 0 radical (unpaired) electrons. The van der Waals surface area contributed by atoms with Gasteiger partial charge in [0.15, 0.2) is 0 Å². The monoisotopic (exact) mass is 302 g/mol. The van der Waals surface area contributed by atoms with E-state index in [0.29, 0.717) is 17.9 Å². The summed E-state index contributed by atoms with van der Waals surface area (Å²) in [5, 5.41) is 24.2. The van der Waals surface area contributed by atoms with Crippen LogP contribution in [0.25, 0.3) is 0 Å². The van der Waals surface area contributed by atoms with Gasteiger partial charge in [0, 0.05) is 17.5 Å². The van der Waals surface area contributed by atoms with E-state index in [9.17, 15) is 5.11 Å². The van der Waals surface area contributed by atoms with Crippen molar-refractivity contribution in [2.45, 2.75) is 19.1 Å². The molecule has 21 heavy (non-hydrogen) atoms. The number of benzene rings is 1. The fourth-order valence-electron chi connectivity index (χ4n) is 1.88. The lowest BCUT2D eigenvalue weighted by Crippen LogP contribution is -2.32. The summed E-state index contributed by atoms with van der Waals surface area (Å²) in [6.45, 7) is 2.65. The van der Waals surface area contributed by atoms with Gasteiger partial charge in [-0.05, 0) is 30.5 Å². The van der Waals surface area contributed by atoms with Crippen molar-refractivity contribution < 1.29 is 9.84 Å². The first-order valence-electron chi connectivity index (χ1n) is 6.77. The number of aliphatic hydroxyl groups excluding tert-OH is 1. The predicted octanol–water partition coefficient (Wildman–Crippen LogP) is 2.71. The maximum atomic E-state index is 9.95. The van der Waals surface area contributed by atoms with Crippen molar-refractivity contribution in [3.05, 3.63) is 52.2 Å². The van der Waals surface area contributed by atoms with Gasteiger partial charge in [-0.3, -0.25) is 0 Å². The zero-order valence-corrected chi connectivity index (χ0v) is 12.6. The van der Waals surface area contributed by atoms with Gasteiger partial charge in [-0.2, -0.15) is 5.26 Å². The SMILES string of the molecule is C[C@H](NCC(O)COc1ccccc1C#N)c1cccs1. The van der Waals surface area contributed by atoms with Crippen LogP contribution in [-0.4, -0.2) is 24.4 Å². The quantitative estimate of drug-likeness (QED) is 0.825. The van der Waals surface area contributed by atoms with E-state index in [1.807, 2.05) is 11.4 Å². The third kappa shape index (κ3) is 4.57. The normalized spacial score (nSPS) is 13.4. The third-order valence-corrected chi connectivity index (χ3v) is 4.12. The highest BCUT2D eigenvalue weighted by Gasteiger charge is 2.11. The number of hydrogen-bond donors (Lipinski definition) is 2. The molecule has 0 spiro atoms. The Balaban J connectivity index is 1.77. The van der Waals surface area contributed by atoms with Crippen LogP contribution in [0, 0.1) is 11.3 Å². The second kappa shape index (κ2) is 7.79. The number of para-hydroxylation sites is 1. The summed E-state index contributed by atoms with van der Waals surface area (Å²) in [6, 6.07) is 13.4. The van der Waals surface area contributed by atoms with Gasteiger partial charge in [0.2, 0.25) is 0 Å². The lowest BCUT2D eigenvalue weighted by molar-refractivity contribution is 0.104. The molecule has 4 nitrogen and oxygen atoms in total. The Bertz CT molecular complexity index is 593. The lowest BCUT2D eigenvalue weighted by atomic mass is 10.2. The highest BCUT2D eigenvalue weighted by molar-refractivity contribution is 7.10. The zero-order chi connectivity index (χ0) is 15.1. The highest BCUT2D eigenvalue weighted by atomic mass is 32.1. The van der Waals surface area contributed by atoms with E-state index in [4.69, 9.17) is 10.00 Å². The summed E-state index contributed by atoms with van der Waals surface area (Å²) in [5.74, 6) is 0.505. The van der Waals surface area contributed by atoms with E-state index in [0.717, 1.165) is 0 Å². The molecule has 0 saturated carbocycles. The second-order valence-corrected chi connectivity index (χ2v) is 5.70. The van der Waals surface area contributed by atoms with Gasteiger partial charge >= 0.3 is 0 Å². The molecule has 5 heteroatoms. The largest absolute Gasteiger partial charge is 0.489 e. The average molecular weight is 302 g/mol. The minimum atomic E-state index is -0.626. The first kappa shape index (κ1) is 15.5. The Morgan fingerprint density at radius 3 is 2.86 bits per heavy atom. The Hall–Kier alpha value is -1.87. The van der Waals surface area contributed by atoms with Crippen LogP contribution in [0.5, 0.6) is 5.75 Å². The fraction of sp³-hybridized carbons (Fsp3) is 0.312. The van der Waals surface area contributed by atoms with E-state index in [-0.39, 0.29) is 12.6 Å². The molecular weight excluding hydrogens is 284 g/mol. The smallest absolute Gasteiger partial charge is 0.137 e. The van der Waals surface area contributed by atoms with Crippen molar-refractivity contribution >= 4 is 11.3 Å². The molecule has 1 aromatic heterocycles. The van der Waals surface area contributed by atoms with Gasteiger partial charge in [-0.25, -0.2) is 0 Å². The molecule has 2 aromatic rings. The van der Waals surface area contributed by atoms with Crippen LogP contribution < -0.4 is 10.1 Å². The van der Waals surface area contributed by atoms with Crippen molar-refractivity contribution in [2.75, 3.05) is 13.2 Å². The topological polar surface area (TPSA) is 65.3 Å². The van der Waals surface area contributed by atoms with Gasteiger partial charge in [-0.1, -0.05) is 18.2 Å². The van der Waals surface area contributed by atoms with E-state index in [1.54, 1.807) is 35.6 Å². The molecule has 0 aliphatic heterocycles. The molecular formula is C16H18N2O2S. The van der Waals surface area contributed by atoms with Gasteiger partial charge in [0.05, 0.1) is 5.56 Å². The molecule has 0 saturated heterocycles. The maximum Gasteiger partial charge on any atom is 0.137 e. The first-order chi connectivity index (χ1) is 10.2. The van der Waals surface area contributed by atoms with E-state index in [2.05, 4.69) is 24.4 Å². The lowest BCUT2D eigenvalue weighted by Gasteiger charge is -2.17. The highest BCUT2D eigenvalue weighted by Crippen LogP contribution is 2.18. The molecule has 0 aliphatic rings. The van der Waals surface area contributed by atoms with Gasteiger partial charge < -0.3 is 15.2 Å². The first-order valence-corrected chi connectivity index (χ1v) is 7.65. The van der Waals surface area contributed by atoms with Crippen LogP contribution in [-0.2, 0) is 0 Å². The predicted molar refractivity (Wildman–Crippen MR) is 83.4 cm³/mol. The second-order valence-electron chi connectivity index (χ2n) is 4.72. The standard InChI is InChI=1S/C16H18N2O2S/c1-12(16-7-4-8-21-16)18-10-14(19)11-20-15-6-3-2-5-13(15)9-17/h2-8,12,14,18-19H,10-11H2,1H3/t12-,14?/m0/s1. The van der Waals surface area contributed by atoms with Crippen LogP contribution >= 0.6 is 11.3 Å². The maximum absolute atomic E-state index is 9.95. The Morgan fingerprint density at radius 1 is 1.33 bits per heavy atom. The number of aliphatic hydroxyl groups is 1. The molecule has 0 bridgehead atoms. The summed E-state index contributed by atoms with van der Waals surface area (Å²) in [7, 11) is 0. The van der Waals surface area contributed by atoms with Crippen molar-refractivity contribution in [1.29, 1.82) is 5.26 Å². The molecule has 2 rings (SSSR count). The molecule has 2 N–H and O–H groups in total. The van der Waals surface area contributed by atoms with Crippen LogP contribution in [0.15, 0.2) is 41.8 Å². The molecule has 1 unspecified atom stereocenters. The number of nitrogens with zero attached hydrogens (tertiary/aromatic N) is 1. The van der Waals surface area contributed by atoms with E-state index in [1.165, 1.54) is 4.88 Å². The summed E-state index contributed by atoms with van der Waals surface area (Å²) in [5.41, 5.74) is 0.476. The Kier molecular flexibility index (Phi) is 5.76. The molecule has 1 aromatic carbocycles. The van der Waals surface area contributed by atoms with Gasteiger partial charge in [-0.15, -0.1) is 11.3 Å². The molecule has 0 amide bonds. The molecule has 110 valence electrons. The molecule has 2 atom stereocenters. The minimum absolute atomic E-state index is 0.156. The number of hydrogen-bond acceptors (Lipinski definition) is 5. The number of rotatable bonds is 7. The van der Waals surface area contributed by atoms with Crippen LogP contribution in [0.1, 0.15) is 23.4 Å². The van der Waals surface area contributed by atoms with E-state index < -0.39 is 6.10 Å². The third-order valence-electron chi connectivity index (χ3n) is 3.07. The number of nitriles is 1. The number of ether oxygens (including phenoxy) is 1. The van der Waals surface area contributed by atoms with Crippen LogP contribution in [0.3, 0.4) is 0 Å². The Labute approximate surface area is 128 Å². The van der Waals surface area contributed by atoms with Crippen molar-refractivity contribution in [2.24, 2.45) is 0 Å². The van der Waals surface area contributed by atoms with E-state index >= 15 is 0 Å². The van der Waals surface area contributed by atoms with Crippen molar-refractivity contribution in [1.82, 2.24) is 5.32 Å². The summed E-state index contributed by atoms with van der Waals surface area (Å²) < 4.78 is 5.50. The zero-order valence-electron chi connectivity index (χ0n) is 11.8. The average Bonchev–Trinajstić information content (AvgIpc) is 3.05. The fourth-order valence-corrected chi connectivity index (χ4v) is 2.64. The van der Waals surface area contributed by atoms with Crippen LogP contribution in [0.4, 0.5) is 0 Å². The van der Waals surface area contributed by atoms with Crippen LogP contribution in [0.2, 0.25) is 0 Å². The number of thiophene rings is 1. The molecule has 1 heterocycles. The Morgan fingerprint density at radius 2 is 2.14 bits per heavy atom.